The zero-order valence-corrected chi connectivity index (χ0v) is 33.3. The second-order valence-corrected chi connectivity index (χ2v) is 14.9. The lowest BCUT2D eigenvalue weighted by molar-refractivity contribution is -0.145. The first-order chi connectivity index (χ1) is 27.7. The fraction of sp³-hybridized carbons (Fsp3) is 0.341. The van der Waals surface area contributed by atoms with E-state index in [0.717, 1.165) is 32.7 Å². The molecule has 1 aliphatic heterocycles. The second kappa shape index (κ2) is 18.4. The van der Waals surface area contributed by atoms with Gasteiger partial charge in [-0.2, -0.15) is 4.39 Å². The molecule has 16 heteroatoms. The van der Waals surface area contributed by atoms with Crippen molar-refractivity contribution in [3.63, 3.8) is 0 Å². The summed E-state index contributed by atoms with van der Waals surface area (Å²) >= 11 is 8.22. The Labute approximate surface area is 338 Å². The average molecular weight is 817 g/mol. The predicted molar refractivity (Wildman–Crippen MR) is 214 cm³/mol. The molecule has 6 aromatic rings. The van der Waals surface area contributed by atoms with Crippen molar-refractivity contribution in [1.29, 1.82) is 0 Å². The van der Waals surface area contributed by atoms with Crippen molar-refractivity contribution in [3.05, 3.63) is 101 Å². The Balaban J connectivity index is 1.18. The number of halogens is 2. The van der Waals surface area contributed by atoms with Gasteiger partial charge in [0.1, 0.15) is 47.5 Å². The molecule has 5 heterocycles. The molecule has 0 amide bonds. The molecule has 13 nitrogen and oxygen atoms in total. The number of para-hydroxylation sites is 1. The van der Waals surface area contributed by atoms with Gasteiger partial charge in [0.05, 0.1) is 27.6 Å². The maximum absolute atomic E-state index is 14.3. The molecule has 1 aliphatic rings. The monoisotopic (exact) mass is 816 g/mol. The molecule has 0 unspecified atom stereocenters. The van der Waals surface area contributed by atoms with E-state index < -0.39 is 18.1 Å². The second-order valence-electron chi connectivity index (χ2n) is 13.6. The van der Waals surface area contributed by atoms with Gasteiger partial charge in [-0.1, -0.05) is 35.9 Å². The SMILES string of the molecule is COCCc1nccc(COc2ccccc2C[C@@H](Oc2ncnc3sc(-c4ccc(F)o4)c(-c4ccc(OCCN5CCN(C)CC5)c(Cl)c4C)c23)C(=O)O)n1. The highest BCUT2D eigenvalue weighted by Crippen LogP contribution is 2.49. The van der Waals surface area contributed by atoms with Crippen LogP contribution in [0.2, 0.25) is 5.02 Å². The lowest BCUT2D eigenvalue weighted by Gasteiger charge is -2.32. The van der Waals surface area contributed by atoms with Gasteiger partial charge in [-0.15, -0.1) is 11.3 Å². The number of methoxy groups -OCH3 is 1. The van der Waals surface area contributed by atoms with E-state index >= 15 is 0 Å². The van der Waals surface area contributed by atoms with Crippen LogP contribution in [0.1, 0.15) is 22.6 Å². The number of carboxylic acid groups (broad SMARTS) is 1. The number of carboxylic acids is 1. The maximum Gasteiger partial charge on any atom is 0.345 e. The number of furan rings is 1. The van der Waals surface area contributed by atoms with E-state index in [9.17, 15) is 14.3 Å². The minimum absolute atomic E-state index is 0.0305. The van der Waals surface area contributed by atoms with Crippen molar-refractivity contribution in [2.45, 2.75) is 32.5 Å². The largest absolute Gasteiger partial charge is 0.491 e. The van der Waals surface area contributed by atoms with Gasteiger partial charge in [-0.25, -0.2) is 24.7 Å². The molecule has 0 bridgehead atoms. The first kappa shape index (κ1) is 40.0. The molecule has 4 aromatic heterocycles. The van der Waals surface area contributed by atoms with Crippen molar-refractivity contribution in [2.24, 2.45) is 0 Å². The zero-order valence-electron chi connectivity index (χ0n) is 31.7. The molecule has 298 valence electrons. The molecule has 1 fully saturated rings. The number of carbonyl (C=O) groups is 1. The fourth-order valence-corrected chi connectivity index (χ4v) is 7.90. The summed E-state index contributed by atoms with van der Waals surface area (Å²) in [6.07, 6.45) is 2.09. The average Bonchev–Trinajstić information content (AvgIpc) is 3.83. The van der Waals surface area contributed by atoms with Crippen LogP contribution in [-0.2, 0) is 29.0 Å². The lowest BCUT2D eigenvalue weighted by atomic mass is 9.97. The van der Waals surface area contributed by atoms with Gasteiger partial charge >= 0.3 is 5.97 Å². The number of nitrogens with zero attached hydrogens (tertiary/aromatic N) is 6. The highest BCUT2D eigenvalue weighted by Gasteiger charge is 2.29. The van der Waals surface area contributed by atoms with Gasteiger partial charge in [0.2, 0.25) is 12.0 Å². The maximum atomic E-state index is 14.3. The summed E-state index contributed by atoms with van der Waals surface area (Å²) in [5.74, 6) is 0.721. The molecule has 7 rings (SSSR count). The number of aromatic nitrogens is 4. The minimum Gasteiger partial charge on any atom is -0.491 e. The van der Waals surface area contributed by atoms with E-state index in [1.54, 1.807) is 49.7 Å². The third-order valence-corrected chi connectivity index (χ3v) is 11.3. The summed E-state index contributed by atoms with van der Waals surface area (Å²) < 4.78 is 43.5. The van der Waals surface area contributed by atoms with Gasteiger partial charge in [0.15, 0.2) is 0 Å². The number of aliphatic carboxylic acids is 1. The first-order valence-electron chi connectivity index (χ1n) is 18.4. The lowest BCUT2D eigenvalue weighted by Crippen LogP contribution is -2.45. The van der Waals surface area contributed by atoms with E-state index in [1.165, 1.54) is 29.8 Å². The van der Waals surface area contributed by atoms with Gasteiger partial charge in [0.25, 0.3) is 6.01 Å². The third-order valence-electron chi connectivity index (χ3n) is 9.71. The predicted octanol–water partition coefficient (Wildman–Crippen LogP) is 6.98. The minimum atomic E-state index is -1.38. The topological polar surface area (TPSA) is 145 Å². The van der Waals surface area contributed by atoms with Crippen molar-refractivity contribution < 1.29 is 37.7 Å². The van der Waals surface area contributed by atoms with Crippen molar-refractivity contribution >= 4 is 39.1 Å². The quantitative estimate of drug-likeness (QED) is 0.101. The van der Waals surface area contributed by atoms with E-state index in [2.05, 4.69) is 36.8 Å². The molecule has 2 aromatic carbocycles. The number of piperazine rings is 1. The molecule has 0 saturated carbocycles. The summed E-state index contributed by atoms with van der Waals surface area (Å²) in [6.45, 7) is 7.70. The normalized spacial score (nSPS) is 14.2. The van der Waals surface area contributed by atoms with Crippen LogP contribution in [0.3, 0.4) is 0 Å². The van der Waals surface area contributed by atoms with E-state index in [0.29, 0.717) is 85.0 Å². The summed E-state index contributed by atoms with van der Waals surface area (Å²) in [6, 6.07) is 14.6. The van der Waals surface area contributed by atoms with Crippen LogP contribution < -0.4 is 14.2 Å². The number of rotatable bonds is 17. The number of hydrogen-bond donors (Lipinski definition) is 1. The number of benzene rings is 2. The molecular formula is C41H42ClFN6O7S. The number of ether oxygens (including phenoxy) is 4. The Hall–Kier alpha value is -5.19. The van der Waals surface area contributed by atoms with Gasteiger partial charge in [-0.3, -0.25) is 4.90 Å². The number of thiophene rings is 1. The van der Waals surface area contributed by atoms with Crippen molar-refractivity contribution in [2.75, 3.05) is 60.1 Å². The summed E-state index contributed by atoms with van der Waals surface area (Å²) in [7, 11) is 3.74. The van der Waals surface area contributed by atoms with Crippen LogP contribution in [0, 0.1) is 12.9 Å². The van der Waals surface area contributed by atoms with Crippen LogP contribution in [0.4, 0.5) is 4.39 Å². The Morgan fingerprint density at radius 2 is 1.84 bits per heavy atom. The van der Waals surface area contributed by atoms with Gasteiger partial charge in [0, 0.05) is 70.5 Å². The summed E-state index contributed by atoms with van der Waals surface area (Å²) in [5.41, 5.74) is 3.19. The molecule has 0 radical (unpaired) electrons. The van der Waals surface area contributed by atoms with Crippen molar-refractivity contribution in [1.82, 2.24) is 29.7 Å². The fourth-order valence-electron chi connectivity index (χ4n) is 6.58. The summed E-state index contributed by atoms with van der Waals surface area (Å²) in [5, 5.41) is 11.3. The molecule has 1 N–H and O–H groups in total. The molecule has 0 aliphatic carbocycles. The highest BCUT2D eigenvalue weighted by molar-refractivity contribution is 7.22. The zero-order chi connectivity index (χ0) is 39.9. The summed E-state index contributed by atoms with van der Waals surface area (Å²) in [4.78, 5) is 36.3. The molecule has 1 atom stereocenters. The standard InChI is InChI=1S/C41H42ClFN6O7S/c1-25-28(8-9-30(37(25)42)53-21-19-49-17-15-48(2)16-18-49)35-36-39(45-24-46-40(36)57-38(35)31-10-11-33(43)55-31)56-32(41(50)51)22-26-6-4-5-7-29(26)54-23-27-12-14-44-34(47-27)13-20-52-3/h4-12,14,24,32H,13,15-23H2,1-3H3,(H,50,51)/t32-/m1/s1. The number of fused-ring (bicyclic) bond motifs is 1. The van der Waals surface area contributed by atoms with Crippen LogP contribution in [0.15, 0.2) is 71.5 Å². The first-order valence-corrected chi connectivity index (χ1v) is 19.6. The Morgan fingerprint density at radius 3 is 2.61 bits per heavy atom. The number of hydrogen-bond acceptors (Lipinski definition) is 13. The smallest absolute Gasteiger partial charge is 0.345 e. The Bertz CT molecular complexity index is 2330. The van der Waals surface area contributed by atoms with Crippen LogP contribution >= 0.6 is 22.9 Å². The van der Waals surface area contributed by atoms with Crippen molar-refractivity contribution in [3.8, 4) is 39.1 Å². The van der Waals surface area contributed by atoms with Gasteiger partial charge < -0.3 is 33.4 Å². The van der Waals surface area contributed by atoms with E-state index in [4.69, 9.17) is 35.0 Å². The van der Waals surface area contributed by atoms with Gasteiger partial charge in [-0.05, 0) is 54.9 Å². The third kappa shape index (κ3) is 9.51. The Kier molecular flexibility index (Phi) is 12.9. The highest BCUT2D eigenvalue weighted by atomic mass is 35.5. The molecule has 1 saturated heterocycles. The molecular weight excluding hydrogens is 775 g/mol. The van der Waals surface area contributed by atoms with E-state index in [1.807, 2.05) is 13.0 Å². The number of likely N-dealkylation sites (N-methyl/N-ethyl adjacent to an activating group) is 1. The van der Waals surface area contributed by atoms with E-state index in [-0.39, 0.29) is 24.7 Å². The Morgan fingerprint density at radius 1 is 1.02 bits per heavy atom. The van der Waals surface area contributed by atoms with Crippen LogP contribution in [-0.4, -0.2) is 107 Å². The molecule has 57 heavy (non-hydrogen) atoms. The van der Waals surface area contributed by atoms with Crippen LogP contribution in [0.25, 0.3) is 32.0 Å². The molecule has 0 spiro atoms. The van der Waals surface area contributed by atoms with Crippen LogP contribution in [0.5, 0.6) is 17.4 Å².